The van der Waals surface area contributed by atoms with E-state index >= 15 is 0 Å². The molecule has 6 rings (SSSR count). The van der Waals surface area contributed by atoms with Crippen molar-refractivity contribution >= 4 is 22.7 Å². The summed E-state index contributed by atoms with van der Waals surface area (Å²) in [5.41, 5.74) is 32.0. The van der Waals surface area contributed by atoms with Gasteiger partial charge in [-0.25, -0.2) is 0 Å². The van der Waals surface area contributed by atoms with E-state index in [9.17, 15) is 0 Å². The van der Waals surface area contributed by atoms with E-state index in [4.69, 9.17) is 32.4 Å². The summed E-state index contributed by atoms with van der Waals surface area (Å²) in [6, 6.07) is 36.0. The van der Waals surface area contributed by atoms with Crippen molar-refractivity contribution in [3.05, 3.63) is 126 Å². The van der Waals surface area contributed by atoms with Crippen molar-refractivity contribution < 1.29 is 9.47 Å². The van der Waals surface area contributed by atoms with Crippen LogP contribution in [0.2, 0.25) is 0 Å². The van der Waals surface area contributed by atoms with Gasteiger partial charge in [-0.15, -0.1) is 0 Å². The Labute approximate surface area is 260 Å². The molecule has 1 saturated carbocycles. The molecule has 0 aromatic heterocycles. The maximum absolute atomic E-state index is 6.06. The molecule has 0 unspecified atom stereocenters. The van der Waals surface area contributed by atoms with Gasteiger partial charge in [-0.1, -0.05) is 71.8 Å². The number of benzene rings is 5. The number of aryl methyl sites for hydroxylation is 2. The summed E-state index contributed by atoms with van der Waals surface area (Å²) in [7, 11) is 0. The Morgan fingerprint density at radius 2 is 0.909 bits per heavy atom. The highest BCUT2D eigenvalue weighted by molar-refractivity contribution is 5.65. The van der Waals surface area contributed by atoms with Crippen LogP contribution in [0.15, 0.2) is 109 Å². The molecule has 6 heteroatoms. The topological polar surface area (TPSA) is 123 Å². The van der Waals surface area contributed by atoms with E-state index in [1.807, 2.05) is 36.4 Å². The summed E-state index contributed by atoms with van der Waals surface area (Å²) in [6.07, 6.45) is 4.76. The lowest BCUT2D eigenvalue weighted by molar-refractivity contribution is 0.146. The Morgan fingerprint density at radius 3 is 1.41 bits per heavy atom. The van der Waals surface area contributed by atoms with Crippen molar-refractivity contribution in [3.63, 3.8) is 0 Å². The SMILES string of the molecule is Cc1ccc(-c2ccc(Oc3cc(N)cc(N)c3)cc2)cc1.Cc1ccc(C2CCC(Oc3cc(N)cc(N)c3)CC2)cc1. The van der Waals surface area contributed by atoms with Gasteiger partial charge < -0.3 is 32.4 Å². The summed E-state index contributed by atoms with van der Waals surface area (Å²) in [5.74, 6) is 2.84. The minimum absolute atomic E-state index is 0.267. The van der Waals surface area contributed by atoms with Gasteiger partial charge >= 0.3 is 0 Å². The fourth-order valence-corrected chi connectivity index (χ4v) is 5.56. The zero-order valence-electron chi connectivity index (χ0n) is 25.5. The number of ether oxygens (including phenoxy) is 2. The predicted molar refractivity (Wildman–Crippen MR) is 184 cm³/mol. The third-order valence-electron chi connectivity index (χ3n) is 7.90. The van der Waals surface area contributed by atoms with Crippen LogP contribution in [0.4, 0.5) is 22.7 Å². The maximum atomic E-state index is 6.06. The minimum Gasteiger partial charge on any atom is -0.490 e. The third kappa shape index (κ3) is 8.48. The Bertz CT molecular complexity index is 1620. The van der Waals surface area contributed by atoms with Crippen molar-refractivity contribution in [1.29, 1.82) is 0 Å². The molecule has 0 heterocycles. The second-order valence-electron chi connectivity index (χ2n) is 11.7. The molecule has 0 saturated heterocycles. The first-order valence-corrected chi connectivity index (χ1v) is 15.1. The molecular formula is C38H42N4O2. The highest BCUT2D eigenvalue weighted by Gasteiger charge is 2.23. The van der Waals surface area contributed by atoms with E-state index in [0.29, 0.717) is 34.4 Å². The molecule has 226 valence electrons. The number of nitrogen functional groups attached to an aromatic ring is 4. The van der Waals surface area contributed by atoms with Gasteiger partial charge in [0.15, 0.2) is 0 Å². The molecule has 8 N–H and O–H groups in total. The Hall–Kier alpha value is -5.10. The van der Waals surface area contributed by atoms with Crippen molar-refractivity contribution in [3.8, 4) is 28.4 Å². The van der Waals surface area contributed by atoms with Gasteiger partial charge in [-0.3, -0.25) is 0 Å². The van der Waals surface area contributed by atoms with Gasteiger partial charge in [0.1, 0.15) is 17.2 Å². The summed E-state index contributed by atoms with van der Waals surface area (Å²) >= 11 is 0. The van der Waals surface area contributed by atoms with Gasteiger partial charge in [0.25, 0.3) is 0 Å². The highest BCUT2D eigenvalue weighted by atomic mass is 16.5. The molecule has 1 aliphatic carbocycles. The van der Waals surface area contributed by atoms with Crippen molar-refractivity contribution in [2.45, 2.75) is 51.6 Å². The largest absolute Gasteiger partial charge is 0.490 e. The molecule has 0 amide bonds. The molecule has 0 aliphatic heterocycles. The first-order chi connectivity index (χ1) is 21.2. The molecule has 0 atom stereocenters. The van der Waals surface area contributed by atoms with Crippen LogP contribution < -0.4 is 32.4 Å². The average molecular weight is 587 g/mol. The Balaban J connectivity index is 0.000000175. The van der Waals surface area contributed by atoms with Crippen LogP contribution >= 0.6 is 0 Å². The predicted octanol–water partition coefficient (Wildman–Crippen LogP) is 8.88. The zero-order valence-corrected chi connectivity index (χ0v) is 25.5. The molecule has 1 fully saturated rings. The van der Waals surface area contributed by atoms with Crippen LogP contribution in [0, 0.1) is 13.8 Å². The number of rotatable bonds is 6. The zero-order chi connectivity index (χ0) is 31.1. The van der Waals surface area contributed by atoms with Gasteiger partial charge in [-0.2, -0.15) is 0 Å². The number of anilines is 4. The smallest absolute Gasteiger partial charge is 0.131 e. The molecule has 5 aromatic carbocycles. The molecule has 6 nitrogen and oxygen atoms in total. The second-order valence-corrected chi connectivity index (χ2v) is 11.7. The lowest BCUT2D eigenvalue weighted by Crippen LogP contribution is -2.23. The van der Waals surface area contributed by atoms with Crippen molar-refractivity contribution in [2.75, 3.05) is 22.9 Å². The normalized spacial score (nSPS) is 16.0. The standard InChI is InChI=1S/C19H24N2O.C19H18N2O/c2*1-13-2-4-14(5-3-13)15-6-8-18(9-7-15)22-19-11-16(20)10-17(21)12-19/h2-5,10-12,15,18H,6-9,20-21H2,1H3;2-12H,20-21H2,1H3. The van der Waals surface area contributed by atoms with E-state index < -0.39 is 0 Å². The van der Waals surface area contributed by atoms with Crippen LogP contribution in [0.1, 0.15) is 48.3 Å². The lowest BCUT2D eigenvalue weighted by atomic mass is 9.82. The molecule has 0 radical (unpaired) electrons. The van der Waals surface area contributed by atoms with Crippen LogP contribution in [-0.2, 0) is 0 Å². The van der Waals surface area contributed by atoms with E-state index in [0.717, 1.165) is 29.9 Å². The molecule has 0 bridgehead atoms. The molecule has 1 aliphatic rings. The lowest BCUT2D eigenvalue weighted by Gasteiger charge is -2.29. The first-order valence-electron chi connectivity index (χ1n) is 15.1. The van der Waals surface area contributed by atoms with Crippen LogP contribution in [0.3, 0.4) is 0 Å². The number of nitrogens with two attached hydrogens (primary N) is 4. The van der Waals surface area contributed by atoms with Gasteiger partial charge in [0.2, 0.25) is 0 Å². The minimum atomic E-state index is 0.267. The molecule has 44 heavy (non-hydrogen) atoms. The number of hydrogen-bond donors (Lipinski definition) is 4. The van der Waals surface area contributed by atoms with Crippen LogP contribution in [0.25, 0.3) is 11.1 Å². The fourth-order valence-electron chi connectivity index (χ4n) is 5.56. The Morgan fingerprint density at radius 1 is 0.477 bits per heavy atom. The third-order valence-corrected chi connectivity index (χ3v) is 7.90. The molecule has 5 aromatic rings. The summed E-state index contributed by atoms with van der Waals surface area (Å²) in [6.45, 7) is 4.21. The van der Waals surface area contributed by atoms with Gasteiger partial charge in [0, 0.05) is 47.0 Å². The average Bonchev–Trinajstić information content (AvgIpc) is 2.98. The van der Waals surface area contributed by atoms with Crippen molar-refractivity contribution in [1.82, 2.24) is 0 Å². The van der Waals surface area contributed by atoms with Crippen LogP contribution in [-0.4, -0.2) is 6.10 Å². The quantitative estimate of drug-likeness (QED) is 0.147. The van der Waals surface area contributed by atoms with E-state index in [1.54, 1.807) is 24.3 Å². The fraction of sp³-hybridized carbons (Fsp3) is 0.211. The van der Waals surface area contributed by atoms with E-state index in [2.05, 4.69) is 62.4 Å². The Kier molecular flexibility index (Phi) is 9.60. The van der Waals surface area contributed by atoms with Gasteiger partial charge in [0.05, 0.1) is 6.10 Å². The molecule has 0 spiro atoms. The van der Waals surface area contributed by atoms with Gasteiger partial charge in [-0.05, 0) is 86.4 Å². The summed E-state index contributed by atoms with van der Waals surface area (Å²) < 4.78 is 11.9. The van der Waals surface area contributed by atoms with E-state index in [-0.39, 0.29) is 6.10 Å². The van der Waals surface area contributed by atoms with Crippen LogP contribution in [0.5, 0.6) is 17.2 Å². The second kappa shape index (κ2) is 13.9. The number of hydrogen-bond acceptors (Lipinski definition) is 6. The highest BCUT2D eigenvalue weighted by Crippen LogP contribution is 2.35. The maximum Gasteiger partial charge on any atom is 0.131 e. The van der Waals surface area contributed by atoms with E-state index in [1.165, 1.54) is 35.1 Å². The van der Waals surface area contributed by atoms with Crippen molar-refractivity contribution in [2.24, 2.45) is 0 Å². The monoisotopic (exact) mass is 586 g/mol. The summed E-state index contributed by atoms with van der Waals surface area (Å²) in [5, 5.41) is 0. The molecular weight excluding hydrogens is 544 g/mol. The first kappa shape index (κ1) is 30.4. The summed E-state index contributed by atoms with van der Waals surface area (Å²) in [4.78, 5) is 0.